The lowest BCUT2D eigenvalue weighted by Crippen LogP contribution is -2.48. The second-order valence-electron chi connectivity index (χ2n) is 7.22. The molecule has 4 rings (SSSR count). The zero-order valence-electron chi connectivity index (χ0n) is 15.3. The van der Waals surface area contributed by atoms with E-state index >= 15 is 0 Å². The molecule has 1 aliphatic heterocycles. The summed E-state index contributed by atoms with van der Waals surface area (Å²) in [5.74, 6) is 0.945. The first-order chi connectivity index (χ1) is 12.1. The van der Waals surface area contributed by atoms with Crippen LogP contribution in [0.5, 0.6) is 0 Å². The van der Waals surface area contributed by atoms with Gasteiger partial charge in [0.25, 0.3) is 0 Å². The maximum Gasteiger partial charge on any atom is 0.138 e. The summed E-state index contributed by atoms with van der Waals surface area (Å²) in [6, 6.07) is 15.7. The number of para-hydroxylation sites is 1. The van der Waals surface area contributed by atoms with Crippen molar-refractivity contribution in [1.82, 2.24) is 14.9 Å². The van der Waals surface area contributed by atoms with Gasteiger partial charge in [0.1, 0.15) is 5.82 Å². The number of piperazine rings is 1. The Bertz CT molecular complexity index is 855. The molecule has 0 spiro atoms. The van der Waals surface area contributed by atoms with Crippen LogP contribution in [0, 0.1) is 6.92 Å². The number of benzene rings is 2. The molecule has 0 unspecified atom stereocenters. The Morgan fingerprint density at radius 1 is 0.960 bits per heavy atom. The molecule has 0 atom stereocenters. The lowest BCUT2D eigenvalue weighted by atomic mass is 10.1. The van der Waals surface area contributed by atoms with E-state index in [1.54, 1.807) is 0 Å². The van der Waals surface area contributed by atoms with E-state index in [9.17, 15) is 0 Å². The normalized spacial score (nSPS) is 16.1. The van der Waals surface area contributed by atoms with Crippen LogP contribution in [0.25, 0.3) is 22.4 Å². The zero-order chi connectivity index (χ0) is 17.4. The van der Waals surface area contributed by atoms with Crippen molar-refractivity contribution in [3.05, 3.63) is 48.0 Å². The van der Waals surface area contributed by atoms with Gasteiger partial charge in [0.05, 0.1) is 11.0 Å². The highest BCUT2D eigenvalue weighted by Gasteiger charge is 2.19. The number of aromatic amines is 1. The second kappa shape index (κ2) is 6.52. The average Bonchev–Trinajstić information content (AvgIpc) is 3.08. The third kappa shape index (κ3) is 3.14. The lowest BCUT2D eigenvalue weighted by Gasteiger charge is -2.38. The van der Waals surface area contributed by atoms with Gasteiger partial charge in [-0.25, -0.2) is 4.98 Å². The Hall–Kier alpha value is -2.33. The highest BCUT2D eigenvalue weighted by atomic mass is 15.3. The molecule has 25 heavy (non-hydrogen) atoms. The predicted molar refractivity (Wildman–Crippen MR) is 105 cm³/mol. The number of nitrogens with zero attached hydrogens (tertiary/aromatic N) is 3. The number of fused-ring (bicyclic) bond motifs is 1. The fraction of sp³-hybridized carbons (Fsp3) is 0.381. The number of hydrogen-bond acceptors (Lipinski definition) is 3. The number of nitrogens with one attached hydrogen (secondary N) is 1. The topological polar surface area (TPSA) is 35.2 Å². The molecule has 0 aliphatic carbocycles. The number of aromatic nitrogens is 2. The van der Waals surface area contributed by atoms with Gasteiger partial charge in [-0.15, -0.1) is 0 Å². The van der Waals surface area contributed by atoms with E-state index in [4.69, 9.17) is 4.98 Å². The minimum absolute atomic E-state index is 0.640. The summed E-state index contributed by atoms with van der Waals surface area (Å²) in [5.41, 5.74) is 5.81. The molecule has 0 radical (unpaired) electrons. The molecular weight excluding hydrogens is 308 g/mol. The lowest BCUT2D eigenvalue weighted by molar-refractivity contribution is 0.209. The van der Waals surface area contributed by atoms with Crippen LogP contribution in [-0.4, -0.2) is 47.1 Å². The average molecular weight is 334 g/mol. The summed E-state index contributed by atoms with van der Waals surface area (Å²) in [6.07, 6.45) is 0. The fourth-order valence-corrected chi connectivity index (χ4v) is 3.64. The molecule has 2 heterocycles. The van der Waals surface area contributed by atoms with E-state index in [2.05, 4.69) is 78.0 Å². The van der Waals surface area contributed by atoms with Crippen molar-refractivity contribution in [3.8, 4) is 11.4 Å². The van der Waals surface area contributed by atoms with E-state index in [0.29, 0.717) is 6.04 Å². The quantitative estimate of drug-likeness (QED) is 0.784. The van der Waals surface area contributed by atoms with Crippen molar-refractivity contribution >= 4 is 16.7 Å². The Labute approximate surface area is 149 Å². The predicted octanol–water partition coefficient (Wildman–Crippen LogP) is 4.07. The smallest absolute Gasteiger partial charge is 0.138 e. The molecule has 0 bridgehead atoms. The highest BCUT2D eigenvalue weighted by Crippen LogP contribution is 2.25. The molecule has 1 N–H and O–H groups in total. The van der Waals surface area contributed by atoms with Gasteiger partial charge in [-0.05, 0) is 56.7 Å². The summed E-state index contributed by atoms with van der Waals surface area (Å²) in [6.45, 7) is 11.1. The molecule has 1 saturated heterocycles. The molecule has 0 saturated carbocycles. The highest BCUT2D eigenvalue weighted by molar-refractivity contribution is 5.82. The van der Waals surface area contributed by atoms with Crippen LogP contribution < -0.4 is 4.90 Å². The van der Waals surface area contributed by atoms with Crippen molar-refractivity contribution in [2.75, 3.05) is 31.1 Å². The first-order valence-electron chi connectivity index (χ1n) is 9.16. The third-order valence-electron chi connectivity index (χ3n) is 5.26. The zero-order valence-corrected chi connectivity index (χ0v) is 15.3. The van der Waals surface area contributed by atoms with Crippen LogP contribution in [0.1, 0.15) is 19.4 Å². The first kappa shape index (κ1) is 16.2. The summed E-state index contributed by atoms with van der Waals surface area (Å²) < 4.78 is 0. The Morgan fingerprint density at radius 2 is 1.68 bits per heavy atom. The van der Waals surface area contributed by atoms with E-state index in [0.717, 1.165) is 48.6 Å². The van der Waals surface area contributed by atoms with Crippen LogP contribution in [0.4, 0.5) is 5.69 Å². The molecule has 2 aromatic carbocycles. The fourth-order valence-electron chi connectivity index (χ4n) is 3.64. The van der Waals surface area contributed by atoms with Crippen molar-refractivity contribution in [3.63, 3.8) is 0 Å². The van der Waals surface area contributed by atoms with Gasteiger partial charge in [0.15, 0.2) is 0 Å². The molecule has 4 nitrogen and oxygen atoms in total. The van der Waals surface area contributed by atoms with Crippen molar-refractivity contribution in [2.45, 2.75) is 26.8 Å². The summed E-state index contributed by atoms with van der Waals surface area (Å²) in [4.78, 5) is 13.2. The second-order valence-corrected chi connectivity index (χ2v) is 7.22. The van der Waals surface area contributed by atoms with Crippen LogP contribution in [-0.2, 0) is 0 Å². The third-order valence-corrected chi connectivity index (χ3v) is 5.26. The van der Waals surface area contributed by atoms with Crippen molar-refractivity contribution in [1.29, 1.82) is 0 Å². The van der Waals surface area contributed by atoms with Crippen LogP contribution in [0.2, 0.25) is 0 Å². The largest absolute Gasteiger partial charge is 0.369 e. The Morgan fingerprint density at radius 3 is 2.32 bits per heavy atom. The Kier molecular flexibility index (Phi) is 4.22. The van der Waals surface area contributed by atoms with Gasteiger partial charge in [-0.3, -0.25) is 4.90 Å². The van der Waals surface area contributed by atoms with Gasteiger partial charge in [0, 0.05) is 43.5 Å². The molecule has 1 aliphatic rings. The first-order valence-corrected chi connectivity index (χ1v) is 9.16. The number of imidazole rings is 1. The van der Waals surface area contributed by atoms with Crippen LogP contribution >= 0.6 is 0 Å². The molecule has 3 aromatic rings. The summed E-state index contributed by atoms with van der Waals surface area (Å²) in [5, 5.41) is 0. The minimum atomic E-state index is 0.640. The van der Waals surface area contributed by atoms with Crippen LogP contribution in [0.3, 0.4) is 0 Å². The summed E-state index contributed by atoms with van der Waals surface area (Å²) >= 11 is 0. The Balaban J connectivity index is 1.53. The van der Waals surface area contributed by atoms with Gasteiger partial charge < -0.3 is 9.88 Å². The van der Waals surface area contributed by atoms with Gasteiger partial charge in [0.2, 0.25) is 0 Å². The maximum atomic E-state index is 4.78. The van der Waals surface area contributed by atoms with E-state index in [-0.39, 0.29) is 0 Å². The van der Waals surface area contributed by atoms with Crippen molar-refractivity contribution in [2.24, 2.45) is 0 Å². The van der Waals surface area contributed by atoms with Gasteiger partial charge >= 0.3 is 0 Å². The van der Waals surface area contributed by atoms with Crippen molar-refractivity contribution < 1.29 is 0 Å². The maximum absolute atomic E-state index is 4.78. The van der Waals surface area contributed by atoms with E-state index in [1.165, 1.54) is 11.3 Å². The van der Waals surface area contributed by atoms with E-state index < -0.39 is 0 Å². The van der Waals surface area contributed by atoms with Crippen LogP contribution in [0.15, 0.2) is 42.5 Å². The SMILES string of the molecule is Cc1cccc2[nH]c(-c3ccc(N4CCN(C(C)C)CC4)cc3)nc12. The number of hydrogen-bond donors (Lipinski definition) is 1. The molecule has 0 amide bonds. The summed E-state index contributed by atoms with van der Waals surface area (Å²) in [7, 11) is 0. The van der Waals surface area contributed by atoms with Gasteiger partial charge in [-0.1, -0.05) is 12.1 Å². The number of aryl methyl sites for hydroxylation is 1. The molecule has 1 aromatic heterocycles. The number of rotatable bonds is 3. The molecule has 130 valence electrons. The monoisotopic (exact) mass is 334 g/mol. The molecule has 4 heteroatoms. The van der Waals surface area contributed by atoms with Gasteiger partial charge in [-0.2, -0.15) is 0 Å². The molecular formula is C21H26N4. The number of H-pyrrole nitrogens is 1. The number of anilines is 1. The molecule has 1 fully saturated rings. The van der Waals surface area contributed by atoms with E-state index in [1.807, 2.05) is 0 Å². The minimum Gasteiger partial charge on any atom is -0.369 e. The standard InChI is InChI=1S/C21H26N4/c1-15(2)24-11-13-25(14-12-24)18-9-7-17(8-10-18)21-22-19-6-4-5-16(3)20(19)23-21/h4-10,15H,11-14H2,1-3H3,(H,22,23).